The Balaban J connectivity index is 2.02. The molecule has 1 fully saturated rings. The molecule has 4 N–H and O–H groups in total. The molecule has 3 unspecified atom stereocenters. The van der Waals surface area contributed by atoms with Crippen molar-refractivity contribution >= 4 is 11.4 Å². The predicted octanol–water partition coefficient (Wildman–Crippen LogP) is 2.11. The Hall–Kier alpha value is -2.11. The lowest BCUT2D eigenvalue weighted by atomic mass is 9.98. The van der Waals surface area contributed by atoms with Crippen LogP contribution in [-0.4, -0.2) is 20.2 Å². The van der Waals surface area contributed by atoms with Crippen molar-refractivity contribution in [1.82, 2.24) is 20.2 Å². The largest absolute Gasteiger partial charge is 0.399 e. The van der Waals surface area contributed by atoms with Gasteiger partial charge >= 0.3 is 0 Å². The number of nitrogen functional groups attached to an aromatic ring is 2. The lowest BCUT2D eigenvalue weighted by Crippen LogP contribution is -2.17. The molecule has 3 rings (SSSR count). The fraction of sp³-hybridized carbons (Fsp3) is 0.500. The van der Waals surface area contributed by atoms with Gasteiger partial charge < -0.3 is 11.5 Å². The Morgan fingerprint density at radius 3 is 2.40 bits per heavy atom. The number of aromatic nitrogens is 4. The van der Waals surface area contributed by atoms with Crippen LogP contribution in [0, 0.1) is 11.8 Å². The highest BCUT2D eigenvalue weighted by Crippen LogP contribution is 2.40. The Labute approximate surface area is 118 Å². The van der Waals surface area contributed by atoms with Gasteiger partial charge in [0.2, 0.25) is 0 Å². The van der Waals surface area contributed by atoms with Crippen molar-refractivity contribution in [3.8, 4) is 11.4 Å². The molecule has 106 valence electrons. The second-order valence-electron chi connectivity index (χ2n) is 5.82. The SMILES string of the molecule is CC1CCC(n2nnnc2-c2cc(N)cc(N)c2)C1C. The van der Waals surface area contributed by atoms with Crippen LogP contribution in [0.4, 0.5) is 11.4 Å². The molecule has 6 nitrogen and oxygen atoms in total. The fourth-order valence-corrected chi connectivity index (χ4v) is 3.10. The molecule has 0 amide bonds. The lowest BCUT2D eigenvalue weighted by molar-refractivity contribution is 0.328. The van der Waals surface area contributed by atoms with Gasteiger partial charge in [-0.25, -0.2) is 4.68 Å². The van der Waals surface area contributed by atoms with E-state index in [1.807, 2.05) is 16.8 Å². The van der Waals surface area contributed by atoms with Crippen LogP contribution in [-0.2, 0) is 0 Å². The molecule has 20 heavy (non-hydrogen) atoms. The van der Waals surface area contributed by atoms with Crippen molar-refractivity contribution in [3.05, 3.63) is 18.2 Å². The number of nitrogens with zero attached hydrogens (tertiary/aromatic N) is 4. The maximum Gasteiger partial charge on any atom is 0.182 e. The summed E-state index contributed by atoms with van der Waals surface area (Å²) in [7, 11) is 0. The summed E-state index contributed by atoms with van der Waals surface area (Å²) in [5.74, 6) is 2.01. The molecule has 1 heterocycles. The summed E-state index contributed by atoms with van der Waals surface area (Å²) < 4.78 is 1.93. The average Bonchev–Trinajstić information content (AvgIpc) is 2.97. The second-order valence-corrected chi connectivity index (χ2v) is 5.82. The van der Waals surface area contributed by atoms with Crippen LogP contribution in [0.3, 0.4) is 0 Å². The number of anilines is 2. The third kappa shape index (κ3) is 2.11. The zero-order chi connectivity index (χ0) is 14.3. The van der Waals surface area contributed by atoms with Gasteiger partial charge in [-0.05, 0) is 53.3 Å². The molecule has 0 aliphatic heterocycles. The highest BCUT2D eigenvalue weighted by Gasteiger charge is 2.33. The van der Waals surface area contributed by atoms with E-state index in [1.54, 1.807) is 6.07 Å². The van der Waals surface area contributed by atoms with Crippen LogP contribution >= 0.6 is 0 Å². The van der Waals surface area contributed by atoms with Crippen molar-refractivity contribution in [3.63, 3.8) is 0 Å². The topological polar surface area (TPSA) is 95.6 Å². The minimum absolute atomic E-state index is 0.345. The van der Waals surface area contributed by atoms with Gasteiger partial charge in [0.05, 0.1) is 6.04 Å². The highest BCUT2D eigenvalue weighted by atomic mass is 15.6. The number of benzene rings is 1. The Morgan fingerprint density at radius 2 is 1.80 bits per heavy atom. The van der Waals surface area contributed by atoms with Crippen LogP contribution < -0.4 is 11.5 Å². The van der Waals surface area contributed by atoms with Crippen LogP contribution in [0.15, 0.2) is 18.2 Å². The van der Waals surface area contributed by atoms with Crippen molar-refractivity contribution in [2.24, 2.45) is 11.8 Å². The summed E-state index contributed by atoms with van der Waals surface area (Å²) in [6.45, 7) is 4.55. The molecular formula is C14H20N6. The summed E-state index contributed by atoms with van der Waals surface area (Å²) in [5.41, 5.74) is 13.8. The lowest BCUT2D eigenvalue weighted by Gasteiger charge is -2.19. The number of hydrogen-bond acceptors (Lipinski definition) is 5. The van der Waals surface area contributed by atoms with Crippen LogP contribution in [0.1, 0.15) is 32.7 Å². The quantitative estimate of drug-likeness (QED) is 0.816. The van der Waals surface area contributed by atoms with E-state index < -0.39 is 0 Å². The molecule has 0 radical (unpaired) electrons. The van der Waals surface area contributed by atoms with Crippen LogP contribution in [0.25, 0.3) is 11.4 Å². The first-order chi connectivity index (χ1) is 9.56. The first-order valence-electron chi connectivity index (χ1n) is 7.00. The Kier molecular flexibility index (Phi) is 3.08. The second kappa shape index (κ2) is 4.77. The van der Waals surface area contributed by atoms with Crippen LogP contribution in [0.5, 0.6) is 0 Å². The van der Waals surface area contributed by atoms with E-state index in [4.69, 9.17) is 11.5 Å². The zero-order valence-corrected chi connectivity index (χ0v) is 11.8. The molecule has 3 atom stereocenters. The van der Waals surface area contributed by atoms with Crippen molar-refractivity contribution in [1.29, 1.82) is 0 Å². The first-order valence-corrected chi connectivity index (χ1v) is 7.00. The van der Waals surface area contributed by atoms with Gasteiger partial charge in [0.25, 0.3) is 0 Å². The maximum atomic E-state index is 5.86. The average molecular weight is 272 g/mol. The Morgan fingerprint density at radius 1 is 1.10 bits per heavy atom. The fourth-order valence-electron chi connectivity index (χ4n) is 3.10. The Bertz CT molecular complexity index is 600. The smallest absolute Gasteiger partial charge is 0.182 e. The van der Waals surface area contributed by atoms with E-state index in [1.165, 1.54) is 6.42 Å². The number of hydrogen-bond donors (Lipinski definition) is 2. The van der Waals surface area contributed by atoms with Gasteiger partial charge in [0, 0.05) is 16.9 Å². The first kappa shape index (κ1) is 12.9. The summed E-state index contributed by atoms with van der Waals surface area (Å²) in [6, 6.07) is 5.80. The van der Waals surface area contributed by atoms with E-state index in [0.717, 1.165) is 17.8 Å². The molecule has 0 spiro atoms. The molecule has 6 heteroatoms. The molecule has 0 saturated heterocycles. The molecular weight excluding hydrogens is 252 g/mol. The van der Waals surface area contributed by atoms with E-state index in [9.17, 15) is 0 Å². The molecule has 1 aromatic heterocycles. The standard InChI is InChI=1S/C14H20N6/c1-8-3-4-13(9(8)2)20-14(17-18-19-20)10-5-11(15)7-12(16)6-10/h5-9,13H,3-4,15-16H2,1-2H3. The third-order valence-electron chi connectivity index (χ3n) is 4.47. The van der Waals surface area contributed by atoms with Crippen LogP contribution in [0.2, 0.25) is 0 Å². The summed E-state index contributed by atoms with van der Waals surface area (Å²) in [5, 5.41) is 12.2. The summed E-state index contributed by atoms with van der Waals surface area (Å²) in [6.07, 6.45) is 2.32. The maximum absolute atomic E-state index is 5.86. The molecule has 1 saturated carbocycles. The van der Waals surface area contributed by atoms with Gasteiger partial charge in [-0.1, -0.05) is 13.8 Å². The van der Waals surface area contributed by atoms with E-state index >= 15 is 0 Å². The molecule has 2 aromatic rings. The van der Waals surface area contributed by atoms with E-state index in [2.05, 4.69) is 29.4 Å². The highest BCUT2D eigenvalue weighted by molar-refractivity contribution is 5.67. The van der Waals surface area contributed by atoms with Gasteiger partial charge in [-0.2, -0.15) is 0 Å². The molecule has 1 aliphatic carbocycles. The van der Waals surface area contributed by atoms with Crippen molar-refractivity contribution in [2.75, 3.05) is 11.5 Å². The minimum atomic E-state index is 0.345. The summed E-state index contributed by atoms with van der Waals surface area (Å²) >= 11 is 0. The zero-order valence-electron chi connectivity index (χ0n) is 11.8. The van der Waals surface area contributed by atoms with Gasteiger partial charge in [-0.3, -0.25) is 0 Å². The number of nitrogens with two attached hydrogens (primary N) is 2. The van der Waals surface area contributed by atoms with E-state index in [0.29, 0.717) is 29.3 Å². The third-order valence-corrected chi connectivity index (χ3v) is 4.47. The number of tetrazole rings is 1. The molecule has 1 aromatic carbocycles. The van der Waals surface area contributed by atoms with Gasteiger partial charge in [-0.15, -0.1) is 5.10 Å². The van der Waals surface area contributed by atoms with Crippen molar-refractivity contribution in [2.45, 2.75) is 32.7 Å². The number of rotatable bonds is 2. The summed E-state index contributed by atoms with van der Waals surface area (Å²) in [4.78, 5) is 0. The van der Waals surface area contributed by atoms with E-state index in [-0.39, 0.29) is 0 Å². The normalized spacial score (nSPS) is 26.0. The predicted molar refractivity (Wildman–Crippen MR) is 78.7 cm³/mol. The minimum Gasteiger partial charge on any atom is -0.399 e. The van der Waals surface area contributed by atoms with Gasteiger partial charge in [0.1, 0.15) is 0 Å². The monoisotopic (exact) mass is 272 g/mol. The molecule has 0 bridgehead atoms. The van der Waals surface area contributed by atoms with Gasteiger partial charge in [0.15, 0.2) is 5.82 Å². The van der Waals surface area contributed by atoms with Crippen molar-refractivity contribution < 1.29 is 0 Å². The molecule has 1 aliphatic rings.